The van der Waals surface area contributed by atoms with E-state index in [1.807, 2.05) is 0 Å². The summed E-state index contributed by atoms with van der Waals surface area (Å²) < 4.78 is 0. The molecule has 0 aromatic rings. The first-order valence-corrected chi connectivity index (χ1v) is 2.60. The number of carbonyl (C=O) groups excluding carboxylic acids is 1. The number of hydrogen-bond donors (Lipinski definition) is 0. The average Bonchev–Trinajstić information content (AvgIpc) is 1.72. The fourth-order valence-corrected chi connectivity index (χ4v) is 0. The zero-order valence-electron chi connectivity index (χ0n) is 6.07. The predicted octanol–water partition coefficient (Wildman–Crippen LogP) is 2.06. The largest absolute Gasteiger partial charge is 2.00 e. The molecule has 0 aromatic heterocycles. The van der Waals surface area contributed by atoms with Crippen LogP contribution >= 0.6 is 0 Å². The maximum atomic E-state index is 9.81. The van der Waals surface area contributed by atoms with E-state index in [0.29, 0.717) is 0 Å². The van der Waals surface area contributed by atoms with Crippen molar-refractivity contribution in [2.45, 2.75) is 20.8 Å². The van der Waals surface area contributed by atoms with Crippen LogP contribution < -0.4 is 0 Å². The summed E-state index contributed by atoms with van der Waals surface area (Å²) >= 11 is 0. The molecule has 2 nitrogen and oxygen atoms in total. The summed E-state index contributed by atoms with van der Waals surface area (Å²) in [5.41, 5.74) is 6.39. The third-order valence-electron chi connectivity index (χ3n) is 0.524. The van der Waals surface area contributed by atoms with Crippen molar-refractivity contribution in [3.05, 3.63) is 12.7 Å². The summed E-state index contributed by atoms with van der Waals surface area (Å²) in [5.74, 6) is -0.611. The molecule has 0 saturated heterocycles. The van der Waals surface area contributed by atoms with Crippen LogP contribution in [0.15, 0.2) is 0 Å². The molecular formula is C6H13EuNO. The number of amides is 1. The number of nitrogens with one attached hydrogen (secondary N) is 1. The smallest absolute Gasteiger partial charge is 0.668 e. The first kappa shape index (κ1) is 16.6. The van der Waals surface area contributed by atoms with E-state index in [-0.39, 0.29) is 55.3 Å². The summed E-state index contributed by atoms with van der Waals surface area (Å²) in [6, 6.07) is 0. The Morgan fingerprint density at radius 2 is 1.56 bits per heavy atom. The van der Waals surface area contributed by atoms with E-state index in [9.17, 15) is 4.79 Å². The van der Waals surface area contributed by atoms with Gasteiger partial charge in [-0.1, -0.05) is 13.8 Å². The maximum Gasteiger partial charge on any atom is 2.00 e. The number of rotatable bonds is 1. The Kier molecular flexibility index (Phi) is 21.7. The maximum absolute atomic E-state index is 9.81. The quantitative estimate of drug-likeness (QED) is 0.670. The summed E-state index contributed by atoms with van der Waals surface area (Å²) in [6.45, 7) is 8.41. The molecule has 0 aromatic carbocycles. The normalized spacial score (nSPS) is 6.78. The molecule has 9 heavy (non-hydrogen) atoms. The molecule has 1 radical (unpaired) electrons. The third kappa shape index (κ3) is 17.6. The molecule has 0 unspecified atom stereocenters. The SMILES string of the molecule is CC(C)C([NH-])=O.[CH2-]C.[Eu+2]. The van der Waals surface area contributed by atoms with Gasteiger partial charge in [-0.25, -0.2) is 0 Å². The van der Waals surface area contributed by atoms with Gasteiger partial charge in [-0.05, 0) is 5.92 Å². The van der Waals surface area contributed by atoms with Crippen molar-refractivity contribution in [3.8, 4) is 0 Å². The van der Waals surface area contributed by atoms with Gasteiger partial charge in [-0.3, -0.25) is 0 Å². The van der Waals surface area contributed by atoms with E-state index in [1.54, 1.807) is 20.8 Å². The van der Waals surface area contributed by atoms with Gasteiger partial charge in [-0.15, -0.1) is 0 Å². The van der Waals surface area contributed by atoms with Crippen LogP contribution in [0.4, 0.5) is 0 Å². The van der Waals surface area contributed by atoms with Gasteiger partial charge in [0, 0.05) is 0 Å². The second-order valence-electron chi connectivity index (χ2n) is 1.52. The van der Waals surface area contributed by atoms with Crippen LogP contribution in [-0.4, -0.2) is 5.91 Å². The van der Waals surface area contributed by atoms with Gasteiger partial charge in [0.15, 0.2) is 0 Å². The molecule has 0 fully saturated rings. The van der Waals surface area contributed by atoms with Crippen molar-refractivity contribution >= 4 is 5.91 Å². The van der Waals surface area contributed by atoms with Gasteiger partial charge in [0.2, 0.25) is 0 Å². The van der Waals surface area contributed by atoms with E-state index in [0.717, 1.165) is 0 Å². The van der Waals surface area contributed by atoms with Gasteiger partial charge < -0.3 is 17.5 Å². The zero-order valence-corrected chi connectivity index (χ0v) is 8.50. The van der Waals surface area contributed by atoms with E-state index in [2.05, 4.69) is 6.92 Å². The molecular weight excluding hydrogens is 254 g/mol. The first-order valence-electron chi connectivity index (χ1n) is 2.60. The zero-order chi connectivity index (χ0) is 7.15. The molecule has 0 saturated carbocycles. The van der Waals surface area contributed by atoms with Crippen molar-refractivity contribution in [2.75, 3.05) is 0 Å². The van der Waals surface area contributed by atoms with Crippen molar-refractivity contribution < 1.29 is 54.2 Å². The number of hydrogen-bond acceptors (Lipinski definition) is 1. The van der Waals surface area contributed by atoms with E-state index >= 15 is 0 Å². The third-order valence-corrected chi connectivity index (χ3v) is 0.524. The van der Waals surface area contributed by atoms with Crippen molar-refractivity contribution in [1.82, 2.24) is 0 Å². The summed E-state index contributed by atoms with van der Waals surface area (Å²) in [7, 11) is 0. The van der Waals surface area contributed by atoms with E-state index < -0.39 is 5.91 Å². The van der Waals surface area contributed by atoms with Crippen LogP contribution in [0, 0.1) is 62.2 Å². The Balaban J connectivity index is -0.000000109. The van der Waals surface area contributed by atoms with Gasteiger partial charge in [0.25, 0.3) is 0 Å². The van der Waals surface area contributed by atoms with Crippen LogP contribution in [0.2, 0.25) is 0 Å². The minimum Gasteiger partial charge on any atom is -0.668 e. The molecule has 0 aliphatic rings. The molecule has 0 atom stereocenters. The number of carbonyl (C=O) groups is 1. The fraction of sp³-hybridized carbons (Fsp3) is 0.667. The summed E-state index contributed by atoms with van der Waals surface area (Å²) in [5, 5.41) is 0. The summed E-state index contributed by atoms with van der Waals surface area (Å²) in [6.07, 6.45) is 0. The van der Waals surface area contributed by atoms with Crippen LogP contribution in [0.25, 0.3) is 5.73 Å². The topological polar surface area (TPSA) is 40.9 Å². The first-order chi connectivity index (χ1) is 3.64. The molecule has 55 valence electrons. The molecule has 0 aliphatic heterocycles. The van der Waals surface area contributed by atoms with Gasteiger partial charge >= 0.3 is 49.4 Å². The van der Waals surface area contributed by atoms with Gasteiger partial charge in [0.05, 0.1) is 5.91 Å². The molecule has 3 heteroatoms. The Morgan fingerprint density at radius 1 is 1.44 bits per heavy atom. The second kappa shape index (κ2) is 11.8. The molecule has 0 bridgehead atoms. The molecule has 0 aliphatic carbocycles. The minimum absolute atomic E-state index is 0. The van der Waals surface area contributed by atoms with Crippen LogP contribution in [0.5, 0.6) is 0 Å². The average molecular weight is 267 g/mol. The molecule has 0 spiro atoms. The standard InChI is InChI=1S/C4H9NO.C2H5.Eu/c1-3(2)4(5)6;1-2;/h3H,1-2H3,(H2,5,6);1H2,2H3;/q;-1;+2/p-1. The minimum atomic E-state index is -0.491. The van der Waals surface area contributed by atoms with Crippen molar-refractivity contribution in [1.29, 1.82) is 0 Å². The van der Waals surface area contributed by atoms with E-state index in [1.165, 1.54) is 0 Å². The van der Waals surface area contributed by atoms with Gasteiger partial charge in [-0.2, -0.15) is 6.92 Å². The summed E-state index contributed by atoms with van der Waals surface area (Å²) in [4.78, 5) is 9.81. The van der Waals surface area contributed by atoms with Crippen LogP contribution in [0.3, 0.4) is 0 Å². The van der Waals surface area contributed by atoms with Crippen LogP contribution in [0.1, 0.15) is 20.8 Å². The Labute approximate surface area is 98.1 Å². The van der Waals surface area contributed by atoms with Crippen molar-refractivity contribution in [3.63, 3.8) is 0 Å². The second-order valence-corrected chi connectivity index (χ2v) is 1.52. The monoisotopic (exact) mass is 268 g/mol. The Bertz CT molecular complexity index is 64.1. The molecule has 0 rings (SSSR count). The Morgan fingerprint density at radius 3 is 1.56 bits per heavy atom. The van der Waals surface area contributed by atoms with Crippen molar-refractivity contribution in [2.24, 2.45) is 5.92 Å². The molecule has 0 heterocycles. The van der Waals surface area contributed by atoms with Gasteiger partial charge in [0.1, 0.15) is 0 Å². The van der Waals surface area contributed by atoms with E-state index in [4.69, 9.17) is 5.73 Å². The predicted molar refractivity (Wildman–Crippen MR) is 35.2 cm³/mol. The Hall–Kier alpha value is 1.05. The van der Waals surface area contributed by atoms with Crippen LogP contribution in [-0.2, 0) is 4.79 Å². The molecule has 1 amide bonds. The molecule has 1 N–H and O–H groups in total. The fourth-order valence-electron chi connectivity index (χ4n) is 0.